The lowest BCUT2D eigenvalue weighted by Crippen LogP contribution is -2.12. The fourth-order valence-corrected chi connectivity index (χ4v) is 2.53. The normalized spacial score (nSPS) is 12.8. The van der Waals surface area contributed by atoms with E-state index in [0.29, 0.717) is 0 Å². The van der Waals surface area contributed by atoms with E-state index in [2.05, 4.69) is 16.0 Å². The lowest BCUT2D eigenvalue weighted by atomic mass is 9.99. The molecule has 0 saturated heterocycles. The van der Waals surface area contributed by atoms with Crippen LogP contribution in [0.25, 0.3) is 10.8 Å². The van der Waals surface area contributed by atoms with Crippen molar-refractivity contribution in [2.45, 2.75) is 6.04 Å². The summed E-state index contributed by atoms with van der Waals surface area (Å²) >= 11 is 1.56. The number of thiazole rings is 1. The van der Waals surface area contributed by atoms with Crippen molar-refractivity contribution < 1.29 is 0 Å². The minimum absolute atomic E-state index is 0.186. The molecule has 1 unspecified atom stereocenters. The zero-order chi connectivity index (χ0) is 11.7. The maximum absolute atomic E-state index is 6.24. The van der Waals surface area contributed by atoms with Gasteiger partial charge in [0.15, 0.2) is 0 Å². The average molecular weight is 241 g/mol. The number of rotatable bonds is 2. The Morgan fingerprint density at radius 1 is 1.24 bits per heavy atom. The first kappa shape index (κ1) is 10.4. The molecule has 0 bridgehead atoms. The van der Waals surface area contributed by atoms with Crippen LogP contribution in [0.1, 0.15) is 17.3 Å². The van der Waals surface area contributed by atoms with Gasteiger partial charge in [0.05, 0.1) is 17.2 Å². The first-order valence-corrected chi connectivity index (χ1v) is 6.27. The van der Waals surface area contributed by atoms with Crippen molar-refractivity contribution in [2.24, 2.45) is 5.73 Å². The number of nitrogens with two attached hydrogens (primary N) is 1. The fourth-order valence-electron chi connectivity index (χ4n) is 1.94. The Balaban J connectivity index is 2.17. The van der Waals surface area contributed by atoms with Gasteiger partial charge in [-0.3, -0.25) is 4.98 Å². The number of hydrogen-bond acceptors (Lipinski definition) is 4. The SMILES string of the molecule is NC(c1cscn1)c1cccc2ccncc12. The number of aromatic nitrogens is 2. The summed E-state index contributed by atoms with van der Waals surface area (Å²) < 4.78 is 0. The predicted molar refractivity (Wildman–Crippen MR) is 69.9 cm³/mol. The Labute approximate surface area is 103 Å². The molecule has 0 amide bonds. The Morgan fingerprint density at radius 3 is 3.00 bits per heavy atom. The van der Waals surface area contributed by atoms with Gasteiger partial charge in [0.2, 0.25) is 0 Å². The van der Waals surface area contributed by atoms with Gasteiger partial charge in [-0.2, -0.15) is 0 Å². The molecule has 2 N–H and O–H groups in total. The van der Waals surface area contributed by atoms with Crippen molar-refractivity contribution in [1.82, 2.24) is 9.97 Å². The first-order chi connectivity index (χ1) is 8.36. The molecule has 0 spiro atoms. The van der Waals surface area contributed by atoms with Crippen molar-refractivity contribution in [1.29, 1.82) is 0 Å². The van der Waals surface area contributed by atoms with Gasteiger partial charge in [-0.05, 0) is 17.0 Å². The maximum Gasteiger partial charge on any atom is 0.0795 e. The van der Waals surface area contributed by atoms with E-state index in [0.717, 1.165) is 22.0 Å². The molecule has 0 radical (unpaired) electrons. The average Bonchev–Trinajstić information content (AvgIpc) is 2.91. The van der Waals surface area contributed by atoms with E-state index in [9.17, 15) is 0 Å². The minimum atomic E-state index is -0.186. The zero-order valence-electron chi connectivity index (χ0n) is 9.08. The van der Waals surface area contributed by atoms with E-state index in [1.165, 1.54) is 0 Å². The van der Waals surface area contributed by atoms with Gasteiger partial charge in [0.1, 0.15) is 0 Å². The van der Waals surface area contributed by atoms with Crippen LogP contribution in [0.5, 0.6) is 0 Å². The van der Waals surface area contributed by atoms with Gasteiger partial charge in [-0.1, -0.05) is 18.2 Å². The molecule has 84 valence electrons. The highest BCUT2D eigenvalue weighted by molar-refractivity contribution is 7.07. The second kappa shape index (κ2) is 4.24. The Kier molecular flexibility index (Phi) is 2.59. The molecule has 0 fully saturated rings. The molecule has 2 aromatic heterocycles. The second-order valence-corrected chi connectivity index (χ2v) is 4.55. The number of pyridine rings is 1. The van der Waals surface area contributed by atoms with Crippen molar-refractivity contribution in [3.8, 4) is 0 Å². The number of benzene rings is 1. The third kappa shape index (κ3) is 1.81. The molecular weight excluding hydrogens is 230 g/mol. The van der Waals surface area contributed by atoms with Gasteiger partial charge in [-0.15, -0.1) is 11.3 Å². The van der Waals surface area contributed by atoms with E-state index >= 15 is 0 Å². The van der Waals surface area contributed by atoms with E-state index in [1.54, 1.807) is 23.0 Å². The molecule has 3 nitrogen and oxygen atoms in total. The van der Waals surface area contributed by atoms with Crippen LogP contribution in [0, 0.1) is 0 Å². The summed E-state index contributed by atoms with van der Waals surface area (Å²) in [5, 5.41) is 4.23. The van der Waals surface area contributed by atoms with Gasteiger partial charge >= 0.3 is 0 Å². The third-order valence-electron chi connectivity index (χ3n) is 2.82. The van der Waals surface area contributed by atoms with Crippen molar-refractivity contribution >= 4 is 22.1 Å². The molecule has 0 saturated carbocycles. The molecule has 1 aromatic carbocycles. The third-order valence-corrected chi connectivity index (χ3v) is 3.43. The van der Waals surface area contributed by atoms with Crippen LogP contribution in [0.15, 0.2) is 47.5 Å². The number of hydrogen-bond donors (Lipinski definition) is 1. The topological polar surface area (TPSA) is 51.8 Å². The largest absolute Gasteiger partial charge is 0.319 e. The van der Waals surface area contributed by atoms with Crippen LogP contribution in [0.3, 0.4) is 0 Å². The Morgan fingerprint density at radius 2 is 2.18 bits per heavy atom. The molecule has 0 aliphatic carbocycles. The van der Waals surface area contributed by atoms with Crippen LogP contribution in [-0.2, 0) is 0 Å². The smallest absolute Gasteiger partial charge is 0.0795 e. The van der Waals surface area contributed by atoms with Gasteiger partial charge < -0.3 is 5.73 Å². The maximum atomic E-state index is 6.24. The van der Waals surface area contributed by atoms with Crippen molar-refractivity contribution in [2.75, 3.05) is 0 Å². The monoisotopic (exact) mass is 241 g/mol. The van der Waals surface area contributed by atoms with E-state index < -0.39 is 0 Å². The molecule has 4 heteroatoms. The molecule has 2 heterocycles. The molecular formula is C13H11N3S. The summed E-state index contributed by atoms with van der Waals surface area (Å²) in [5.74, 6) is 0. The first-order valence-electron chi connectivity index (χ1n) is 5.32. The molecule has 17 heavy (non-hydrogen) atoms. The molecule has 0 aliphatic rings. The summed E-state index contributed by atoms with van der Waals surface area (Å²) in [6.45, 7) is 0. The summed E-state index contributed by atoms with van der Waals surface area (Å²) in [6, 6.07) is 7.92. The van der Waals surface area contributed by atoms with Gasteiger partial charge in [0, 0.05) is 23.2 Å². The van der Waals surface area contributed by atoms with Crippen molar-refractivity contribution in [3.63, 3.8) is 0 Å². The zero-order valence-corrected chi connectivity index (χ0v) is 9.89. The summed E-state index contributed by atoms with van der Waals surface area (Å²) in [6.07, 6.45) is 3.65. The summed E-state index contributed by atoms with van der Waals surface area (Å²) in [4.78, 5) is 8.44. The standard InChI is InChI=1S/C13H11N3S/c14-13(12-7-17-8-16-12)10-3-1-2-9-4-5-15-6-11(9)10/h1-8,13H,14H2. The highest BCUT2D eigenvalue weighted by atomic mass is 32.1. The van der Waals surface area contributed by atoms with Crippen LogP contribution in [0.2, 0.25) is 0 Å². The highest BCUT2D eigenvalue weighted by Gasteiger charge is 2.13. The van der Waals surface area contributed by atoms with Gasteiger partial charge in [-0.25, -0.2) is 4.98 Å². The Bertz CT molecular complexity index is 629. The highest BCUT2D eigenvalue weighted by Crippen LogP contribution is 2.26. The quantitative estimate of drug-likeness (QED) is 0.750. The molecule has 1 atom stereocenters. The van der Waals surface area contributed by atoms with E-state index in [1.807, 2.05) is 29.8 Å². The van der Waals surface area contributed by atoms with Crippen LogP contribution >= 0.6 is 11.3 Å². The molecule has 3 aromatic rings. The van der Waals surface area contributed by atoms with Crippen LogP contribution in [-0.4, -0.2) is 9.97 Å². The minimum Gasteiger partial charge on any atom is -0.319 e. The van der Waals surface area contributed by atoms with Crippen LogP contribution in [0.4, 0.5) is 0 Å². The van der Waals surface area contributed by atoms with E-state index in [4.69, 9.17) is 5.73 Å². The van der Waals surface area contributed by atoms with Crippen molar-refractivity contribution in [3.05, 3.63) is 58.8 Å². The lowest BCUT2D eigenvalue weighted by Gasteiger charge is -2.12. The fraction of sp³-hybridized carbons (Fsp3) is 0.0769. The van der Waals surface area contributed by atoms with Gasteiger partial charge in [0.25, 0.3) is 0 Å². The van der Waals surface area contributed by atoms with E-state index in [-0.39, 0.29) is 6.04 Å². The lowest BCUT2D eigenvalue weighted by molar-refractivity contribution is 0.846. The summed E-state index contributed by atoms with van der Waals surface area (Å²) in [5.41, 5.74) is 10.0. The number of nitrogens with zero attached hydrogens (tertiary/aromatic N) is 2. The van der Waals surface area contributed by atoms with Crippen LogP contribution < -0.4 is 5.73 Å². The number of fused-ring (bicyclic) bond motifs is 1. The predicted octanol–water partition coefficient (Wildman–Crippen LogP) is 2.74. The second-order valence-electron chi connectivity index (χ2n) is 3.84. The summed E-state index contributed by atoms with van der Waals surface area (Å²) in [7, 11) is 0. The molecule has 3 rings (SSSR count). The molecule has 0 aliphatic heterocycles. The Hall–Kier alpha value is -1.78.